The van der Waals surface area contributed by atoms with E-state index < -0.39 is 0 Å². The van der Waals surface area contributed by atoms with Gasteiger partial charge in [-0.3, -0.25) is 4.68 Å². The summed E-state index contributed by atoms with van der Waals surface area (Å²) in [6.45, 7) is 4.38. The molecule has 2 rings (SSSR count). The number of hydrogen-bond acceptors (Lipinski definition) is 2. The zero-order valence-corrected chi connectivity index (χ0v) is 10.6. The minimum atomic E-state index is -0.108. The van der Waals surface area contributed by atoms with Gasteiger partial charge in [-0.1, -0.05) is 38.1 Å². The lowest BCUT2D eigenvalue weighted by Crippen LogP contribution is -2.15. The molecule has 3 nitrogen and oxygen atoms in total. The molecular formula is C14H19N3. The zero-order chi connectivity index (χ0) is 12.4. The second-order valence-corrected chi connectivity index (χ2v) is 4.68. The van der Waals surface area contributed by atoms with Gasteiger partial charge in [0.1, 0.15) is 0 Å². The van der Waals surface area contributed by atoms with Crippen LogP contribution in [0.3, 0.4) is 0 Å². The molecule has 1 atom stereocenters. The Bertz CT molecular complexity index is 482. The number of aryl methyl sites for hydroxylation is 1. The topological polar surface area (TPSA) is 43.8 Å². The summed E-state index contributed by atoms with van der Waals surface area (Å²) >= 11 is 0. The lowest BCUT2D eigenvalue weighted by atomic mass is 9.98. The highest BCUT2D eigenvalue weighted by atomic mass is 15.3. The van der Waals surface area contributed by atoms with Gasteiger partial charge in [-0.25, -0.2) is 0 Å². The maximum absolute atomic E-state index is 6.23. The lowest BCUT2D eigenvalue weighted by molar-refractivity contribution is 0.673. The maximum atomic E-state index is 6.23. The van der Waals surface area contributed by atoms with E-state index in [2.05, 4.69) is 43.2 Å². The third kappa shape index (κ3) is 2.39. The van der Waals surface area contributed by atoms with Gasteiger partial charge in [0.15, 0.2) is 0 Å². The van der Waals surface area contributed by atoms with Crippen molar-refractivity contribution in [1.82, 2.24) is 9.78 Å². The van der Waals surface area contributed by atoms with Gasteiger partial charge < -0.3 is 5.73 Å². The van der Waals surface area contributed by atoms with Crippen molar-refractivity contribution in [3.05, 3.63) is 53.3 Å². The molecule has 0 spiro atoms. The Morgan fingerprint density at radius 2 is 1.65 bits per heavy atom. The number of rotatable bonds is 3. The van der Waals surface area contributed by atoms with Crippen molar-refractivity contribution in [3.8, 4) is 0 Å². The molecular weight excluding hydrogens is 210 g/mol. The van der Waals surface area contributed by atoms with E-state index in [1.165, 1.54) is 5.56 Å². The summed E-state index contributed by atoms with van der Waals surface area (Å²) in [6.07, 6.45) is 1.78. The van der Waals surface area contributed by atoms with Gasteiger partial charge >= 0.3 is 0 Å². The highest BCUT2D eigenvalue weighted by Crippen LogP contribution is 2.21. The first kappa shape index (κ1) is 11.9. The molecule has 17 heavy (non-hydrogen) atoms. The number of aromatic nitrogens is 2. The number of nitrogens with zero attached hydrogens (tertiary/aromatic N) is 2. The van der Waals surface area contributed by atoms with Crippen LogP contribution in [0, 0.1) is 0 Å². The molecule has 0 bridgehead atoms. The second kappa shape index (κ2) is 4.72. The van der Waals surface area contributed by atoms with Crippen molar-refractivity contribution in [3.63, 3.8) is 0 Å². The van der Waals surface area contributed by atoms with E-state index in [4.69, 9.17) is 5.73 Å². The Morgan fingerprint density at radius 1 is 1.06 bits per heavy atom. The third-order valence-electron chi connectivity index (χ3n) is 3.14. The molecule has 3 heteroatoms. The molecule has 0 aliphatic carbocycles. The summed E-state index contributed by atoms with van der Waals surface area (Å²) < 4.78 is 1.82. The van der Waals surface area contributed by atoms with Gasteiger partial charge in [-0.05, 0) is 23.1 Å². The average Bonchev–Trinajstić information content (AvgIpc) is 2.74. The van der Waals surface area contributed by atoms with Crippen molar-refractivity contribution in [1.29, 1.82) is 0 Å². The molecule has 2 aromatic rings. The summed E-state index contributed by atoms with van der Waals surface area (Å²) in [5.74, 6) is 0.553. The number of benzene rings is 1. The number of nitrogens with two attached hydrogens (primary N) is 1. The Kier molecular flexibility index (Phi) is 3.29. The van der Waals surface area contributed by atoms with Crippen molar-refractivity contribution >= 4 is 0 Å². The fraction of sp³-hybridized carbons (Fsp3) is 0.357. The minimum Gasteiger partial charge on any atom is -0.319 e. The van der Waals surface area contributed by atoms with Gasteiger partial charge in [0.2, 0.25) is 0 Å². The SMILES string of the molecule is CC(C)c1ccc(C(N)c2ccnn2C)cc1. The molecule has 0 saturated heterocycles. The fourth-order valence-electron chi connectivity index (χ4n) is 1.95. The Morgan fingerprint density at radius 3 is 2.12 bits per heavy atom. The van der Waals surface area contributed by atoms with Crippen molar-refractivity contribution < 1.29 is 0 Å². The standard InChI is InChI=1S/C14H19N3/c1-10(2)11-4-6-12(7-5-11)14(15)13-8-9-16-17(13)3/h4-10,14H,15H2,1-3H3. The van der Waals surface area contributed by atoms with Crippen molar-refractivity contribution in [2.45, 2.75) is 25.8 Å². The van der Waals surface area contributed by atoms with Crippen LogP contribution < -0.4 is 5.73 Å². The molecule has 0 fully saturated rings. The predicted molar refractivity (Wildman–Crippen MR) is 69.8 cm³/mol. The molecule has 90 valence electrons. The van der Waals surface area contributed by atoms with Crippen LogP contribution in [-0.2, 0) is 7.05 Å². The first-order valence-corrected chi connectivity index (χ1v) is 5.93. The van der Waals surface area contributed by atoms with Gasteiger partial charge in [-0.2, -0.15) is 5.10 Å². The second-order valence-electron chi connectivity index (χ2n) is 4.68. The zero-order valence-electron chi connectivity index (χ0n) is 10.6. The summed E-state index contributed by atoms with van der Waals surface area (Å²) in [5, 5.41) is 4.15. The number of hydrogen-bond donors (Lipinski definition) is 1. The van der Waals surface area contributed by atoms with Gasteiger partial charge in [-0.15, -0.1) is 0 Å². The van der Waals surface area contributed by atoms with E-state index >= 15 is 0 Å². The highest BCUT2D eigenvalue weighted by Gasteiger charge is 2.12. The van der Waals surface area contributed by atoms with E-state index in [0.717, 1.165) is 11.3 Å². The highest BCUT2D eigenvalue weighted by molar-refractivity contribution is 5.31. The lowest BCUT2D eigenvalue weighted by Gasteiger charge is -2.14. The van der Waals surface area contributed by atoms with Crippen LogP contribution in [0.1, 0.15) is 42.6 Å². The first-order valence-electron chi connectivity index (χ1n) is 5.93. The van der Waals surface area contributed by atoms with Gasteiger partial charge in [0, 0.05) is 13.2 Å². The normalized spacial score (nSPS) is 13.0. The van der Waals surface area contributed by atoms with E-state index in [0.29, 0.717) is 5.92 Å². The van der Waals surface area contributed by atoms with Crippen LogP contribution in [-0.4, -0.2) is 9.78 Å². The molecule has 1 heterocycles. The monoisotopic (exact) mass is 229 g/mol. The van der Waals surface area contributed by atoms with E-state index in [9.17, 15) is 0 Å². The Labute approximate surface area is 102 Å². The molecule has 0 amide bonds. The summed E-state index contributed by atoms with van der Waals surface area (Å²) in [5.41, 5.74) is 9.72. The molecule has 0 radical (unpaired) electrons. The van der Waals surface area contributed by atoms with Crippen molar-refractivity contribution in [2.75, 3.05) is 0 Å². The van der Waals surface area contributed by atoms with Gasteiger partial charge in [0.25, 0.3) is 0 Å². The molecule has 2 N–H and O–H groups in total. The maximum Gasteiger partial charge on any atom is 0.0723 e. The molecule has 0 aliphatic heterocycles. The summed E-state index contributed by atoms with van der Waals surface area (Å²) in [6, 6.07) is 10.4. The van der Waals surface area contributed by atoms with E-state index in [-0.39, 0.29) is 6.04 Å². The largest absolute Gasteiger partial charge is 0.319 e. The van der Waals surface area contributed by atoms with Crippen LogP contribution in [0.5, 0.6) is 0 Å². The predicted octanol–water partition coefficient (Wildman–Crippen LogP) is 2.59. The first-order chi connectivity index (χ1) is 8.09. The van der Waals surface area contributed by atoms with Crippen LogP contribution >= 0.6 is 0 Å². The van der Waals surface area contributed by atoms with Crippen molar-refractivity contribution in [2.24, 2.45) is 12.8 Å². The third-order valence-corrected chi connectivity index (χ3v) is 3.14. The average molecular weight is 229 g/mol. The summed E-state index contributed by atoms with van der Waals surface area (Å²) in [4.78, 5) is 0. The van der Waals surface area contributed by atoms with Crippen LogP contribution in [0.2, 0.25) is 0 Å². The molecule has 1 aromatic heterocycles. The van der Waals surface area contributed by atoms with E-state index in [1.54, 1.807) is 6.20 Å². The molecule has 1 unspecified atom stereocenters. The Balaban J connectivity index is 2.26. The van der Waals surface area contributed by atoms with Crippen LogP contribution in [0.4, 0.5) is 0 Å². The molecule has 0 aliphatic rings. The summed E-state index contributed by atoms with van der Waals surface area (Å²) in [7, 11) is 1.91. The molecule has 1 aromatic carbocycles. The molecule has 0 saturated carbocycles. The minimum absolute atomic E-state index is 0.108. The van der Waals surface area contributed by atoms with Crippen LogP contribution in [0.15, 0.2) is 36.5 Å². The van der Waals surface area contributed by atoms with Crippen LogP contribution in [0.25, 0.3) is 0 Å². The fourth-order valence-corrected chi connectivity index (χ4v) is 1.95. The smallest absolute Gasteiger partial charge is 0.0723 e. The quantitative estimate of drug-likeness (QED) is 0.879. The van der Waals surface area contributed by atoms with Gasteiger partial charge in [0.05, 0.1) is 11.7 Å². The van der Waals surface area contributed by atoms with E-state index in [1.807, 2.05) is 17.8 Å². The Hall–Kier alpha value is -1.61.